The minimum atomic E-state index is 0.0625. The number of likely N-dealkylation sites (tertiary alicyclic amines) is 2. The van der Waals surface area contributed by atoms with Gasteiger partial charge in [-0.25, -0.2) is 4.98 Å². The SMILES string of the molecule is COc1ccc(CC(=O)N2CCC(c3nc(C(=O)N4CCCC5CCCC=C54)cs3)CC2)cc1. The zero-order valence-corrected chi connectivity index (χ0v) is 20.7. The minimum absolute atomic E-state index is 0.0625. The summed E-state index contributed by atoms with van der Waals surface area (Å²) in [6.07, 6.45) is 10.3. The fourth-order valence-electron chi connectivity index (χ4n) is 5.51. The summed E-state index contributed by atoms with van der Waals surface area (Å²) >= 11 is 1.60. The van der Waals surface area contributed by atoms with Gasteiger partial charge < -0.3 is 14.5 Å². The Labute approximate surface area is 205 Å². The molecule has 1 aliphatic carbocycles. The Bertz CT molecular complexity index is 1050. The Hall–Kier alpha value is -2.67. The Balaban J connectivity index is 1.17. The number of fused-ring (bicyclic) bond motifs is 1. The highest BCUT2D eigenvalue weighted by Crippen LogP contribution is 2.36. The van der Waals surface area contributed by atoms with Gasteiger partial charge in [-0.2, -0.15) is 0 Å². The fourth-order valence-corrected chi connectivity index (χ4v) is 6.48. The van der Waals surface area contributed by atoms with E-state index in [-0.39, 0.29) is 11.8 Å². The number of amides is 2. The van der Waals surface area contributed by atoms with Crippen LogP contribution in [0, 0.1) is 5.92 Å². The highest BCUT2D eigenvalue weighted by Gasteiger charge is 2.32. The molecule has 7 heteroatoms. The lowest BCUT2D eigenvalue weighted by molar-refractivity contribution is -0.131. The lowest BCUT2D eigenvalue weighted by Crippen LogP contribution is -2.39. The zero-order chi connectivity index (χ0) is 23.5. The van der Waals surface area contributed by atoms with Gasteiger partial charge in [-0.1, -0.05) is 18.2 Å². The van der Waals surface area contributed by atoms with E-state index >= 15 is 0 Å². The fraction of sp³-hybridized carbons (Fsp3) is 0.519. The summed E-state index contributed by atoms with van der Waals surface area (Å²) in [5.41, 5.74) is 2.83. The van der Waals surface area contributed by atoms with Gasteiger partial charge in [0.05, 0.1) is 18.5 Å². The van der Waals surface area contributed by atoms with Gasteiger partial charge in [-0.15, -0.1) is 11.3 Å². The number of methoxy groups -OCH3 is 1. The molecule has 2 saturated heterocycles. The maximum Gasteiger partial charge on any atom is 0.277 e. The van der Waals surface area contributed by atoms with Crippen LogP contribution in [-0.2, 0) is 11.2 Å². The molecule has 3 aliphatic rings. The first-order chi connectivity index (χ1) is 16.6. The molecule has 5 rings (SSSR count). The third-order valence-electron chi connectivity index (χ3n) is 7.47. The molecule has 2 amide bonds. The van der Waals surface area contributed by atoms with E-state index in [4.69, 9.17) is 9.72 Å². The van der Waals surface area contributed by atoms with Gasteiger partial charge >= 0.3 is 0 Å². The molecule has 1 atom stereocenters. The van der Waals surface area contributed by atoms with Crippen LogP contribution in [0.15, 0.2) is 41.4 Å². The number of carbonyl (C=O) groups excluding carboxylic acids is 2. The number of aromatic nitrogens is 1. The largest absolute Gasteiger partial charge is 0.497 e. The number of ether oxygens (including phenoxy) is 1. The molecule has 180 valence electrons. The number of rotatable bonds is 5. The van der Waals surface area contributed by atoms with E-state index in [1.54, 1.807) is 18.4 Å². The van der Waals surface area contributed by atoms with Crippen LogP contribution in [0.4, 0.5) is 0 Å². The number of piperidine rings is 2. The summed E-state index contributed by atoms with van der Waals surface area (Å²) in [5, 5.41) is 2.98. The first kappa shape index (κ1) is 23.1. The molecular weight excluding hydrogens is 446 g/mol. The molecule has 0 bridgehead atoms. The van der Waals surface area contributed by atoms with Crippen LogP contribution in [0.3, 0.4) is 0 Å². The second-order valence-corrected chi connectivity index (χ2v) is 10.5. The van der Waals surface area contributed by atoms with Crippen molar-refractivity contribution >= 4 is 23.2 Å². The summed E-state index contributed by atoms with van der Waals surface area (Å²) in [5.74, 6) is 1.89. The number of benzene rings is 1. The van der Waals surface area contributed by atoms with Gasteiger partial charge in [0.15, 0.2) is 0 Å². The molecule has 2 aliphatic heterocycles. The zero-order valence-electron chi connectivity index (χ0n) is 19.9. The minimum Gasteiger partial charge on any atom is -0.497 e. The molecule has 1 aromatic carbocycles. The second kappa shape index (κ2) is 10.3. The number of carbonyl (C=O) groups is 2. The molecule has 0 saturated carbocycles. The number of allylic oxidation sites excluding steroid dienone is 2. The number of hydrogen-bond acceptors (Lipinski definition) is 5. The molecule has 2 aromatic rings. The third kappa shape index (κ3) is 4.90. The van der Waals surface area contributed by atoms with Crippen molar-refractivity contribution < 1.29 is 14.3 Å². The number of thiazole rings is 1. The van der Waals surface area contributed by atoms with E-state index in [0.717, 1.165) is 61.6 Å². The molecule has 0 N–H and O–H groups in total. The third-order valence-corrected chi connectivity index (χ3v) is 8.48. The maximum absolute atomic E-state index is 13.3. The van der Waals surface area contributed by atoms with E-state index in [0.29, 0.717) is 24.0 Å². The molecule has 3 heterocycles. The van der Waals surface area contributed by atoms with E-state index in [9.17, 15) is 9.59 Å². The van der Waals surface area contributed by atoms with Gasteiger partial charge in [-0.3, -0.25) is 9.59 Å². The lowest BCUT2D eigenvalue weighted by atomic mass is 9.85. The van der Waals surface area contributed by atoms with Gasteiger partial charge in [0.1, 0.15) is 11.4 Å². The van der Waals surface area contributed by atoms with Crippen molar-refractivity contribution in [3.8, 4) is 5.75 Å². The van der Waals surface area contributed by atoms with Crippen molar-refractivity contribution in [2.24, 2.45) is 5.92 Å². The Morgan fingerprint density at radius 1 is 1.03 bits per heavy atom. The van der Waals surface area contributed by atoms with Gasteiger partial charge in [-0.05, 0) is 68.6 Å². The van der Waals surface area contributed by atoms with Crippen LogP contribution in [0.2, 0.25) is 0 Å². The Kier molecular flexibility index (Phi) is 6.99. The van der Waals surface area contributed by atoms with Crippen LogP contribution < -0.4 is 4.74 Å². The smallest absolute Gasteiger partial charge is 0.277 e. The molecule has 6 nitrogen and oxygen atoms in total. The van der Waals surface area contributed by atoms with Crippen molar-refractivity contribution in [3.63, 3.8) is 0 Å². The van der Waals surface area contributed by atoms with Gasteiger partial charge in [0, 0.05) is 36.6 Å². The maximum atomic E-state index is 13.3. The van der Waals surface area contributed by atoms with E-state index < -0.39 is 0 Å². The number of hydrogen-bond donors (Lipinski definition) is 0. The predicted octanol–water partition coefficient (Wildman–Crippen LogP) is 5.02. The summed E-state index contributed by atoms with van der Waals surface area (Å²) in [7, 11) is 1.64. The van der Waals surface area contributed by atoms with E-state index in [2.05, 4.69) is 6.08 Å². The molecule has 0 spiro atoms. The average molecular weight is 480 g/mol. The topological polar surface area (TPSA) is 62.7 Å². The summed E-state index contributed by atoms with van der Waals surface area (Å²) in [6.45, 7) is 2.29. The van der Waals surface area contributed by atoms with Crippen molar-refractivity contribution in [2.45, 2.75) is 57.3 Å². The molecule has 1 aromatic heterocycles. The summed E-state index contributed by atoms with van der Waals surface area (Å²) in [4.78, 5) is 34.8. The van der Waals surface area contributed by atoms with E-state index in [1.165, 1.54) is 25.0 Å². The van der Waals surface area contributed by atoms with Gasteiger partial charge in [0.2, 0.25) is 5.91 Å². The second-order valence-electron chi connectivity index (χ2n) is 9.61. The molecular formula is C27H33N3O3S. The van der Waals surface area contributed by atoms with E-state index in [1.807, 2.05) is 39.4 Å². The van der Waals surface area contributed by atoms with Crippen LogP contribution in [0.25, 0.3) is 0 Å². The Morgan fingerprint density at radius 2 is 1.79 bits per heavy atom. The lowest BCUT2D eigenvalue weighted by Gasteiger charge is -2.37. The van der Waals surface area contributed by atoms with Crippen LogP contribution >= 0.6 is 11.3 Å². The normalized spacial score (nSPS) is 21.1. The Morgan fingerprint density at radius 3 is 2.56 bits per heavy atom. The first-order valence-electron chi connectivity index (χ1n) is 12.5. The standard InChI is InChI=1S/C27H33N3O3S/c1-33-22-10-8-19(9-11-22)17-25(31)29-15-12-21(13-16-29)26-28-23(18-34-26)27(32)30-14-4-6-20-5-2-3-7-24(20)30/h7-11,18,20-21H,2-6,12-17H2,1H3. The van der Waals surface area contributed by atoms with Crippen LogP contribution in [0.5, 0.6) is 5.75 Å². The van der Waals surface area contributed by atoms with Crippen molar-refractivity contribution in [3.05, 3.63) is 57.7 Å². The predicted molar refractivity (Wildman–Crippen MR) is 133 cm³/mol. The van der Waals surface area contributed by atoms with Crippen LogP contribution in [0.1, 0.15) is 71.9 Å². The molecule has 0 radical (unpaired) electrons. The average Bonchev–Trinajstić information content (AvgIpc) is 3.39. The number of nitrogens with zero attached hydrogens (tertiary/aromatic N) is 3. The van der Waals surface area contributed by atoms with Crippen molar-refractivity contribution in [2.75, 3.05) is 26.7 Å². The van der Waals surface area contributed by atoms with Crippen LogP contribution in [-0.4, -0.2) is 53.3 Å². The van der Waals surface area contributed by atoms with Gasteiger partial charge in [0.25, 0.3) is 5.91 Å². The van der Waals surface area contributed by atoms with Crippen molar-refractivity contribution in [1.29, 1.82) is 0 Å². The molecule has 34 heavy (non-hydrogen) atoms. The highest BCUT2D eigenvalue weighted by atomic mass is 32.1. The monoisotopic (exact) mass is 479 g/mol. The quantitative estimate of drug-likeness (QED) is 0.604. The summed E-state index contributed by atoms with van der Waals surface area (Å²) < 4.78 is 5.19. The highest BCUT2D eigenvalue weighted by molar-refractivity contribution is 7.09. The van der Waals surface area contributed by atoms with Crippen molar-refractivity contribution in [1.82, 2.24) is 14.8 Å². The first-order valence-corrected chi connectivity index (χ1v) is 13.4. The molecule has 2 fully saturated rings. The summed E-state index contributed by atoms with van der Waals surface area (Å²) in [6, 6.07) is 7.69. The molecule has 1 unspecified atom stereocenters.